The Hall–Kier alpha value is -1.43. The maximum Gasteiger partial charge on any atom is 0.307 e. The molecule has 0 aliphatic carbocycles. The number of hydrogen-bond acceptors (Lipinski definition) is 4. The average Bonchev–Trinajstić information content (AvgIpc) is 2.57. The molecule has 0 saturated heterocycles. The Morgan fingerprint density at radius 1 is 1.62 bits per heavy atom. The van der Waals surface area contributed by atoms with Gasteiger partial charge < -0.3 is 10.1 Å². The molecule has 88 valence electrons. The topological polar surface area (TPSA) is 56.1 Å². The Morgan fingerprint density at radius 3 is 2.81 bits per heavy atom. The standard InChI is InChI=1S/C10H15N3O2S/c1-7-6-8(2)13(12-7)10(16)11-5-4-9(14)15-3/h6H,4-5H2,1-3H3,(H,11,16). The summed E-state index contributed by atoms with van der Waals surface area (Å²) in [6.45, 7) is 4.28. The first kappa shape index (κ1) is 12.6. The first-order valence-electron chi connectivity index (χ1n) is 4.93. The van der Waals surface area contributed by atoms with Crippen LogP contribution in [0, 0.1) is 13.8 Å². The maximum atomic E-state index is 10.9. The van der Waals surface area contributed by atoms with E-state index < -0.39 is 0 Å². The van der Waals surface area contributed by atoms with E-state index in [1.807, 2.05) is 19.9 Å². The van der Waals surface area contributed by atoms with Gasteiger partial charge in [0.15, 0.2) is 5.11 Å². The van der Waals surface area contributed by atoms with Gasteiger partial charge in [-0.2, -0.15) is 5.10 Å². The number of nitrogens with one attached hydrogen (secondary N) is 1. The van der Waals surface area contributed by atoms with Crippen molar-refractivity contribution in [3.05, 3.63) is 17.5 Å². The zero-order valence-corrected chi connectivity index (χ0v) is 10.4. The zero-order chi connectivity index (χ0) is 12.1. The number of hydrogen-bond donors (Lipinski definition) is 1. The molecule has 1 rings (SSSR count). The minimum Gasteiger partial charge on any atom is -0.469 e. The van der Waals surface area contributed by atoms with Crippen molar-refractivity contribution in [2.24, 2.45) is 0 Å². The molecule has 0 aromatic carbocycles. The fraction of sp³-hybridized carbons (Fsp3) is 0.500. The summed E-state index contributed by atoms with van der Waals surface area (Å²) in [5.41, 5.74) is 1.88. The molecule has 0 bridgehead atoms. The first-order chi connectivity index (χ1) is 7.54. The smallest absolute Gasteiger partial charge is 0.307 e. The molecule has 0 amide bonds. The van der Waals surface area contributed by atoms with E-state index in [4.69, 9.17) is 12.2 Å². The second-order valence-corrected chi connectivity index (χ2v) is 3.78. The zero-order valence-electron chi connectivity index (χ0n) is 9.61. The van der Waals surface area contributed by atoms with Crippen molar-refractivity contribution in [2.75, 3.05) is 13.7 Å². The van der Waals surface area contributed by atoms with Crippen LogP contribution >= 0.6 is 12.2 Å². The molecule has 1 aromatic rings. The Labute approximate surface area is 99.8 Å². The number of carbonyl (C=O) groups excluding carboxylic acids is 1. The number of ether oxygens (including phenoxy) is 1. The lowest BCUT2D eigenvalue weighted by Crippen LogP contribution is -2.31. The van der Waals surface area contributed by atoms with Gasteiger partial charge in [-0.05, 0) is 32.1 Å². The summed E-state index contributed by atoms with van der Waals surface area (Å²) in [5.74, 6) is -0.260. The van der Waals surface area contributed by atoms with Crippen molar-refractivity contribution in [3.8, 4) is 0 Å². The van der Waals surface area contributed by atoms with Crippen molar-refractivity contribution in [1.82, 2.24) is 15.1 Å². The minimum atomic E-state index is -0.260. The molecule has 6 heteroatoms. The lowest BCUT2D eigenvalue weighted by Gasteiger charge is -2.08. The number of esters is 1. The summed E-state index contributed by atoms with van der Waals surface area (Å²) in [7, 11) is 1.36. The fourth-order valence-electron chi connectivity index (χ4n) is 1.28. The molecule has 0 saturated carbocycles. The lowest BCUT2D eigenvalue weighted by atomic mass is 10.4. The quantitative estimate of drug-likeness (QED) is 0.626. The Bertz CT molecular complexity index is 401. The van der Waals surface area contributed by atoms with Crippen LogP contribution in [-0.4, -0.2) is 34.5 Å². The van der Waals surface area contributed by atoms with E-state index in [0.717, 1.165) is 11.4 Å². The van der Waals surface area contributed by atoms with Gasteiger partial charge in [0.25, 0.3) is 0 Å². The number of methoxy groups -OCH3 is 1. The molecule has 0 aliphatic rings. The molecule has 1 heterocycles. The number of nitrogens with zero attached hydrogens (tertiary/aromatic N) is 2. The van der Waals surface area contributed by atoms with Gasteiger partial charge in [0, 0.05) is 12.2 Å². The third-order valence-corrected chi connectivity index (χ3v) is 2.35. The van der Waals surface area contributed by atoms with Crippen LogP contribution in [0.1, 0.15) is 17.8 Å². The van der Waals surface area contributed by atoms with Gasteiger partial charge in [0.2, 0.25) is 0 Å². The van der Waals surface area contributed by atoms with Crippen LogP contribution in [0.4, 0.5) is 0 Å². The van der Waals surface area contributed by atoms with Crippen molar-refractivity contribution in [3.63, 3.8) is 0 Å². The van der Waals surface area contributed by atoms with Crippen LogP contribution in [-0.2, 0) is 9.53 Å². The summed E-state index contributed by atoms with van der Waals surface area (Å²) in [6, 6.07) is 1.94. The van der Waals surface area contributed by atoms with Crippen molar-refractivity contribution in [1.29, 1.82) is 0 Å². The monoisotopic (exact) mass is 241 g/mol. The summed E-state index contributed by atoms with van der Waals surface area (Å²) in [4.78, 5) is 10.9. The summed E-state index contributed by atoms with van der Waals surface area (Å²) >= 11 is 5.15. The Kier molecular flexibility index (Phi) is 4.42. The van der Waals surface area contributed by atoms with Gasteiger partial charge in [-0.1, -0.05) is 0 Å². The van der Waals surface area contributed by atoms with E-state index in [2.05, 4.69) is 15.2 Å². The second-order valence-electron chi connectivity index (χ2n) is 3.40. The highest BCUT2D eigenvalue weighted by Gasteiger charge is 2.06. The van der Waals surface area contributed by atoms with E-state index in [9.17, 15) is 4.79 Å². The van der Waals surface area contributed by atoms with Gasteiger partial charge in [-0.3, -0.25) is 4.79 Å². The molecule has 1 N–H and O–H groups in total. The summed E-state index contributed by atoms with van der Waals surface area (Å²) < 4.78 is 6.16. The predicted molar refractivity (Wildman–Crippen MR) is 64.3 cm³/mol. The molecule has 0 fully saturated rings. The van der Waals surface area contributed by atoms with Crippen LogP contribution in [0.25, 0.3) is 0 Å². The maximum absolute atomic E-state index is 10.9. The second kappa shape index (κ2) is 5.60. The molecule has 0 atom stereocenters. The van der Waals surface area contributed by atoms with E-state index in [1.165, 1.54) is 7.11 Å². The van der Waals surface area contributed by atoms with Crippen LogP contribution < -0.4 is 5.32 Å². The molecule has 0 unspecified atom stereocenters. The molecular weight excluding hydrogens is 226 g/mol. The summed E-state index contributed by atoms with van der Waals surface area (Å²) in [5, 5.41) is 7.67. The summed E-state index contributed by atoms with van der Waals surface area (Å²) in [6.07, 6.45) is 0.288. The largest absolute Gasteiger partial charge is 0.469 e. The van der Waals surface area contributed by atoms with E-state index >= 15 is 0 Å². The fourth-order valence-corrected chi connectivity index (χ4v) is 1.57. The SMILES string of the molecule is COC(=O)CCNC(=S)n1nc(C)cc1C. The van der Waals surface area contributed by atoms with Gasteiger partial charge >= 0.3 is 5.97 Å². The molecule has 16 heavy (non-hydrogen) atoms. The molecular formula is C10H15N3O2S. The van der Waals surface area contributed by atoms with Gasteiger partial charge in [-0.25, -0.2) is 4.68 Å². The number of carbonyl (C=O) groups is 1. The van der Waals surface area contributed by atoms with Crippen LogP contribution in [0.2, 0.25) is 0 Å². The van der Waals surface area contributed by atoms with Crippen LogP contribution in [0.15, 0.2) is 6.07 Å². The highest BCUT2D eigenvalue weighted by atomic mass is 32.1. The first-order valence-corrected chi connectivity index (χ1v) is 5.33. The Morgan fingerprint density at radius 2 is 2.31 bits per heavy atom. The van der Waals surface area contributed by atoms with Crippen molar-refractivity contribution >= 4 is 23.3 Å². The number of thiocarbonyl (C=S) groups is 1. The molecule has 1 aromatic heterocycles. The highest BCUT2D eigenvalue weighted by Crippen LogP contribution is 2.00. The Balaban J connectivity index is 2.47. The molecule has 5 nitrogen and oxygen atoms in total. The number of rotatable bonds is 3. The van der Waals surface area contributed by atoms with Gasteiger partial charge in [-0.15, -0.1) is 0 Å². The predicted octanol–water partition coefficient (Wildman–Crippen LogP) is 0.786. The third-order valence-electron chi connectivity index (χ3n) is 2.03. The molecule has 0 aliphatic heterocycles. The van der Waals surface area contributed by atoms with Crippen molar-refractivity contribution < 1.29 is 9.53 Å². The van der Waals surface area contributed by atoms with Crippen LogP contribution in [0.3, 0.4) is 0 Å². The minimum absolute atomic E-state index is 0.260. The average molecular weight is 241 g/mol. The van der Waals surface area contributed by atoms with Gasteiger partial charge in [0.1, 0.15) is 0 Å². The highest BCUT2D eigenvalue weighted by molar-refractivity contribution is 7.80. The number of aromatic nitrogens is 2. The van der Waals surface area contributed by atoms with E-state index in [1.54, 1.807) is 4.68 Å². The lowest BCUT2D eigenvalue weighted by molar-refractivity contribution is -0.140. The van der Waals surface area contributed by atoms with Crippen molar-refractivity contribution in [2.45, 2.75) is 20.3 Å². The third kappa shape index (κ3) is 3.30. The normalized spacial score (nSPS) is 9.94. The van der Waals surface area contributed by atoms with E-state index in [-0.39, 0.29) is 12.4 Å². The number of aryl methyl sites for hydroxylation is 2. The van der Waals surface area contributed by atoms with Crippen LogP contribution in [0.5, 0.6) is 0 Å². The molecule has 0 radical (unpaired) electrons. The molecule has 0 spiro atoms. The van der Waals surface area contributed by atoms with Gasteiger partial charge in [0.05, 0.1) is 19.2 Å². The van der Waals surface area contributed by atoms with E-state index in [0.29, 0.717) is 11.7 Å².